The van der Waals surface area contributed by atoms with Crippen LogP contribution < -0.4 is 5.32 Å². The molecule has 0 aromatic carbocycles. The predicted molar refractivity (Wildman–Crippen MR) is 106 cm³/mol. The van der Waals surface area contributed by atoms with Gasteiger partial charge in [-0.2, -0.15) is 0 Å². The molecule has 134 valence electrons. The monoisotopic (exact) mass is 357 g/mol. The Morgan fingerprint density at radius 1 is 1.04 bits per heavy atom. The zero-order valence-corrected chi connectivity index (χ0v) is 18.1. The van der Waals surface area contributed by atoms with Gasteiger partial charge in [0.15, 0.2) is 0 Å². The molecule has 1 amide bonds. The van der Waals surface area contributed by atoms with Crippen LogP contribution in [0.2, 0.25) is 16.6 Å². The van der Waals surface area contributed by atoms with Crippen molar-refractivity contribution in [2.75, 3.05) is 5.88 Å². The minimum absolute atomic E-state index is 0.00655. The van der Waals surface area contributed by atoms with Gasteiger partial charge in [0.2, 0.25) is 5.91 Å². The first-order valence-corrected chi connectivity index (χ1v) is 11.7. The van der Waals surface area contributed by atoms with Gasteiger partial charge in [-0.3, -0.25) is 4.79 Å². The van der Waals surface area contributed by atoms with Crippen molar-refractivity contribution in [3.05, 3.63) is 0 Å². The second kappa shape index (κ2) is 10.4. The van der Waals surface area contributed by atoms with Gasteiger partial charge in [0.05, 0.1) is 6.04 Å². The van der Waals surface area contributed by atoms with Crippen molar-refractivity contribution in [3.63, 3.8) is 0 Å². The van der Waals surface area contributed by atoms with Crippen LogP contribution in [-0.2, 0) is 4.79 Å². The second-order valence-electron chi connectivity index (χ2n) is 7.65. The van der Waals surface area contributed by atoms with Crippen molar-refractivity contribution in [3.8, 4) is 11.5 Å². The molecule has 0 aliphatic carbocycles. The maximum atomic E-state index is 11.6. The maximum absolute atomic E-state index is 11.6. The summed E-state index contributed by atoms with van der Waals surface area (Å²) in [6.07, 6.45) is 1.95. The van der Waals surface area contributed by atoms with Gasteiger partial charge in [-0.05, 0) is 35.4 Å². The van der Waals surface area contributed by atoms with Gasteiger partial charge in [0.1, 0.15) is 8.07 Å². The Labute approximate surface area is 150 Å². The molecule has 0 spiro atoms. The standard InChI is InChI=1S/C19H36ClNOSi/c1-14(2)23(15(3)4,16(5)6)13-11-19(21-18(8)22)17(7)10-9-12-20/h14-17,19H,9-10,12H2,1-8H3,(H,21,22)/t17-,19-/m1/s1. The van der Waals surface area contributed by atoms with Gasteiger partial charge in [-0.1, -0.05) is 54.4 Å². The van der Waals surface area contributed by atoms with Gasteiger partial charge in [-0.15, -0.1) is 17.1 Å². The summed E-state index contributed by atoms with van der Waals surface area (Å²) >= 11 is 5.81. The molecule has 0 heterocycles. The van der Waals surface area contributed by atoms with Crippen molar-refractivity contribution < 1.29 is 4.79 Å². The highest BCUT2D eigenvalue weighted by Crippen LogP contribution is 2.40. The van der Waals surface area contributed by atoms with Crippen LogP contribution in [0.1, 0.15) is 68.2 Å². The molecule has 0 fully saturated rings. The van der Waals surface area contributed by atoms with Crippen LogP contribution in [0.4, 0.5) is 0 Å². The normalized spacial score (nSPS) is 14.6. The summed E-state index contributed by atoms with van der Waals surface area (Å²) in [5.74, 6) is 4.46. The summed E-state index contributed by atoms with van der Waals surface area (Å²) in [7, 11) is -1.76. The van der Waals surface area contributed by atoms with Crippen molar-refractivity contribution >= 4 is 25.6 Å². The third-order valence-electron chi connectivity index (χ3n) is 5.03. The lowest BCUT2D eigenvalue weighted by molar-refractivity contribution is -0.119. The fourth-order valence-corrected chi connectivity index (χ4v) is 9.17. The molecular weight excluding hydrogens is 322 g/mol. The van der Waals surface area contributed by atoms with E-state index in [1.807, 2.05) is 0 Å². The first-order chi connectivity index (χ1) is 10.6. The van der Waals surface area contributed by atoms with Gasteiger partial charge in [-0.25, -0.2) is 0 Å². The molecule has 0 aliphatic rings. The fraction of sp³-hybridized carbons (Fsp3) is 0.842. The van der Waals surface area contributed by atoms with Gasteiger partial charge >= 0.3 is 0 Å². The highest BCUT2D eigenvalue weighted by atomic mass is 35.5. The molecule has 4 heteroatoms. The Kier molecular flexibility index (Phi) is 10.2. The highest BCUT2D eigenvalue weighted by molar-refractivity contribution is 6.90. The van der Waals surface area contributed by atoms with Crippen molar-refractivity contribution in [1.29, 1.82) is 0 Å². The lowest BCUT2D eigenvalue weighted by Crippen LogP contribution is -2.44. The van der Waals surface area contributed by atoms with Crippen LogP contribution in [0.3, 0.4) is 0 Å². The number of hydrogen-bond donors (Lipinski definition) is 1. The van der Waals surface area contributed by atoms with E-state index in [4.69, 9.17) is 11.6 Å². The minimum Gasteiger partial charge on any atom is -0.342 e. The number of nitrogens with one attached hydrogen (secondary N) is 1. The Morgan fingerprint density at radius 2 is 1.52 bits per heavy atom. The quantitative estimate of drug-likeness (QED) is 0.353. The van der Waals surface area contributed by atoms with Crippen molar-refractivity contribution in [2.24, 2.45) is 5.92 Å². The number of amides is 1. The lowest BCUT2D eigenvalue weighted by atomic mass is 9.97. The van der Waals surface area contributed by atoms with E-state index in [0.717, 1.165) is 12.8 Å². The Hall–Kier alpha value is -0.463. The molecule has 0 bridgehead atoms. The van der Waals surface area contributed by atoms with Crippen LogP contribution in [0.5, 0.6) is 0 Å². The minimum atomic E-state index is -1.76. The average Bonchev–Trinajstić information content (AvgIpc) is 2.42. The zero-order valence-electron chi connectivity index (χ0n) is 16.3. The summed E-state index contributed by atoms with van der Waals surface area (Å²) in [6, 6.07) is -0.0705. The molecule has 0 radical (unpaired) electrons. The summed E-state index contributed by atoms with van der Waals surface area (Å²) in [5.41, 5.74) is 5.54. The van der Waals surface area contributed by atoms with E-state index in [1.54, 1.807) is 6.92 Å². The van der Waals surface area contributed by atoms with Crippen LogP contribution in [0.15, 0.2) is 0 Å². The number of rotatable bonds is 8. The summed E-state index contributed by atoms with van der Waals surface area (Å²) in [6.45, 7) is 17.6. The Balaban J connectivity index is 5.59. The third kappa shape index (κ3) is 6.51. The molecular formula is C19H36ClNOSi. The molecule has 0 saturated carbocycles. The molecule has 0 aromatic rings. The molecule has 0 unspecified atom stereocenters. The number of hydrogen-bond acceptors (Lipinski definition) is 1. The second-order valence-corrected chi connectivity index (χ2v) is 13.6. The van der Waals surface area contributed by atoms with Crippen LogP contribution in [-0.4, -0.2) is 25.9 Å². The van der Waals surface area contributed by atoms with E-state index >= 15 is 0 Å². The summed E-state index contributed by atoms with van der Waals surface area (Å²) < 4.78 is 0. The first kappa shape index (κ1) is 22.5. The maximum Gasteiger partial charge on any atom is 0.217 e. The number of carbonyl (C=O) groups excluding carboxylic acids is 1. The van der Waals surface area contributed by atoms with Gasteiger partial charge < -0.3 is 5.32 Å². The highest BCUT2D eigenvalue weighted by Gasteiger charge is 2.41. The van der Waals surface area contributed by atoms with E-state index in [1.165, 1.54) is 0 Å². The molecule has 2 atom stereocenters. The lowest BCUT2D eigenvalue weighted by Gasteiger charge is -2.38. The summed E-state index contributed by atoms with van der Waals surface area (Å²) in [5, 5.41) is 3.04. The predicted octanol–water partition coefficient (Wildman–Crippen LogP) is 5.37. The van der Waals surface area contributed by atoms with Crippen molar-refractivity contribution in [2.45, 2.75) is 90.9 Å². The molecule has 0 aromatic heterocycles. The first-order valence-electron chi connectivity index (χ1n) is 8.95. The molecule has 0 saturated heterocycles. The van der Waals surface area contributed by atoms with Gasteiger partial charge in [0, 0.05) is 12.8 Å². The Bertz CT molecular complexity index is 401. The largest absolute Gasteiger partial charge is 0.342 e. The third-order valence-corrected chi connectivity index (χ3v) is 11.6. The fourth-order valence-electron chi connectivity index (χ4n) is 3.74. The van der Waals surface area contributed by atoms with Crippen LogP contribution in [0, 0.1) is 17.4 Å². The van der Waals surface area contributed by atoms with E-state index in [9.17, 15) is 4.79 Å². The smallest absolute Gasteiger partial charge is 0.217 e. The van der Waals surface area contributed by atoms with Gasteiger partial charge in [0.25, 0.3) is 0 Å². The van der Waals surface area contributed by atoms with E-state index < -0.39 is 8.07 Å². The SMILES string of the molecule is CC(=O)N[C@H](C#C[Si](C(C)C)(C(C)C)C(C)C)[C@H](C)CCCCl. The topological polar surface area (TPSA) is 29.1 Å². The Morgan fingerprint density at radius 3 is 1.87 bits per heavy atom. The molecule has 0 rings (SSSR count). The van der Waals surface area contributed by atoms with Crippen LogP contribution in [0.25, 0.3) is 0 Å². The van der Waals surface area contributed by atoms with Crippen molar-refractivity contribution in [1.82, 2.24) is 5.32 Å². The average molecular weight is 358 g/mol. The van der Waals surface area contributed by atoms with E-state index in [2.05, 4.69) is 65.2 Å². The van der Waals surface area contributed by atoms with E-state index in [0.29, 0.717) is 28.4 Å². The number of alkyl halides is 1. The molecule has 1 N–H and O–H groups in total. The van der Waals surface area contributed by atoms with E-state index in [-0.39, 0.29) is 11.9 Å². The number of carbonyl (C=O) groups is 1. The number of halogens is 1. The zero-order chi connectivity index (χ0) is 18.2. The molecule has 2 nitrogen and oxygen atoms in total. The molecule has 23 heavy (non-hydrogen) atoms. The molecule has 0 aliphatic heterocycles. The summed E-state index contributed by atoms with van der Waals surface area (Å²) in [4.78, 5) is 11.6. The van der Waals surface area contributed by atoms with Crippen LogP contribution >= 0.6 is 11.6 Å².